The van der Waals surface area contributed by atoms with Gasteiger partial charge in [-0.1, -0.05) is 27.2 Å². The molecule has 0 spiro atoms. The van der Waals surface area contributed by atoms with Crippen molar-refractivity contribution in [2.45, 2.75) is 64.5 Å². The summed E-state index contributed by atoms with van der Waals surface area (Å²) in [5, 5.41) is 0. The first kappa shape index (κ1) is 14.9. The van der Waals surface area contributed by atoms with Crippen LogP contribution in [0.1, 0.15) is 52.9 Å². The average molecular weight is 242 g/mol. The Morgan fingerprint density at radius 3 is 2.65 bits per heavy atom. The molecule has 0 amide bonds. The van der Waals surface area contributed by atoms with Crippen molar-refractivity contribution in [3.05, 3.63) is 0 Å². The van der Waals surface area contributed by atoms with Gasteiger partial charge in [-0.25, -0.2) is 0 Å². The lowest BCUT2D eigenvalue weighted by Gasteiger charge is -2.43. The molecule has 0 aromatic heterocycles. The van der Waals surface area contributed by atoms with Crippen LogP contribution in [-0.4, -0.2) is 42.8 Å². The van der Waals surface area contributed by atoms with Crippen LogP contribution in [0.25, 0.3) is 0 Å². The summed E-state index contributed by atoms with van der Waals surface area (Å²) < 4.78 is 5.86. The van der Waals surface area contributed by atoms with E-state index in [1.54, 1.807) is 0 Å². The van der Waals surface area contributed by atoms with Crippen molar-refractivity contribution in [2.75, 3.05) is 26.2 Å². The first-order valence-corrected chi connectivity index (χ1v) is 7.29. The Hall–Kier alpha value is -0.120. The van der Waals surface area contributed by atoms with Crippen LogP contribution in [0.5, 0.6) is 0 Å². The Balaban J connectivity index is 2.76. The van der Waals surface area contributed by atoms with E-state index in [-0.39, 0.29) is 5.54 Å². The van der Waals surface area contributed by atoms with E-state index < -0.39 is 0 Å². The molecule has 0 aliphatic carbocycles. The van der Waals surface area contributed by atoms with Gasteiger partial charge in [-0.05, 0) is 25.7 Å². The molecular weight excluding hydrogens is 212 g/mol. The molecule has 2 atom stereocenters. The zero-order valence-electron chi connectivity index (χ0n) is 11.9. The van der Waals surface area contributed by atoms with Gasteiger partial charge >= 0.3 is 0 Å². The molecule has 0 bridgehead atoms. The molecule has 102 valence electrons. The lowest BCUT2D eigenvalue weighted by Crippen LogP contribution is -2.55. The quantitative estimate of drug-likeness (QED) is 0.777. The molecule has 0 radical (unpaired) electrons. The minimum Gasteiger partial charge on any atom is -0.377 e. The molecule has 17 heavy (non-hydrogen) atoms. The first-order chi connectivity index (χ1) is 8.22. The third kappa shape index (κ3) is 3.67. The summed E-state index contributed by atoms with van der Waals surface area (Å²) in [4.78, 5) is 2.61. The molecule has 3 heteroatoms. The van der Waals surface area contributed by atoms with Crippen LogP contribution in [0.15, 0.2) is 0 Å². The molecule has 0 saturated carbocycles. The van der Waals surface area contributed by atoms with Crippen molar-refractivity contribution in [3.63, 3.8) is 0 Å². The number of nitrogens with zero attached hydrogens (tertiary/aromatic N) is 1. The fourth-order valence-electron chi connectivity index (χ4n) is 2.97. The fraction of sp³-hybridized carbons (Fsp3) is 1.00. The van der Waals surface area contributed by atoms with Crippen LogP contribution in [-0.2, 0) is 4.74 Å². The van der Waals surface area contributed by atoms with Gasteiger partial charge in [-0.2, -0.15) is 0 Å². The van der Waals surface area contributed by atoms with E-state index in [4.69, 9.17) is 10.5 Å². The van der Waals surface area contributed by atoms with Crippen LogP contribution in [0.4, 0.5) is 0 Å². The highest BCUT2D eigenvalue weighted by Crippen LogP contribution is 2.27. The number of hydrogen-bond acceptors (Lipinski definition) is 3. The van der Waals surface area contributed by atoms with E-state index in [0.29, 0.717) is 6.10 Å². The van der Waals surface area contributed by atoms with Crippen molar-refractivity contribution in [2.24, 2.45) is 5.73 Å². The maximum Gasteiger partial charge on any atom is 0.0699 e. The highest BCUT2D eigenvalue weighted by atomic mass is 16.5. The molecule has 0 aromatic rings. The van der Waals surface area contributed by atoms with Crippen molar-refractivity contribution in [3.8, 4) is 0 Å². The van der Waals surface area contributed by atoms with Gasteiger partial charge in [-0.3, -0.25) is 4.90 Å². The number of rotatable bonds is 6. The maximum absolute atomic E-state index is 6.09. The smallest absolute Gasteiger partial charge is 0.0699 e. The monoisotopic (exact) mass is 242 g/mol. The highest BCUT2D eigenvalue weighted by molar-refractivity contribution is 4.92. The molecule has 1 heterocycles. The minimum absolute atomic E-state index is 0.204. The van der Waals surface area contributed by atoms with Crippen LogP contribution in [0.2, 0.25) is 0 Å². The van der Waals surface area contributed by atoms with Gasteiger partial charge < -0.3 is 10.5 Å². The van der Waals surface area contributed by atoms with Gasteiger partial charge in [0.15, 0.2) is 0 Å². The Labute approximate surface area is 107 Å². The zero-order chi connectivity index (χ0) is 12.7. The maximum atomic E-state index is 6.09. The van der Waals surface area contributed by atoms with E-state index in [1.165, 1.54) is 12.8 Å². The Kier molecular flexibility index (Phi) is 6.45. The normalized spacial score (nSPS) is 26.5. The second-order valence-corrected chi connectivity index (χ2v) is 5.23. The van der Waals surface area contributed by atoms with Gasteiger partial charge in [0.1, 0.15) is 0 Å². The van der Waals surface area contributed by atoms with Crippen molar-refractivity contribution in [1.29, 1.82) is 0 Å². The molecule has 1 aliphatic heterocycles. The Bertz CT molecular complexity index is 204. The standard InChI is InChI=1S/C14H30N2O/c1-4-8-14(6-3,12-15)16-9-7-10-17-13(5-2)11-16/h13H,4-12,15H2,1-3H3. The summed E-state index contributed by atoms with van der Waals surface area (Å²) in [5.74, 6) is 0. The van der Waals surface area contributed by atoms with E-state index in [0.717, 1.165) is 45.5 Å². The first-order valence-electron chi connectivity index (χ1n) is 7.29. The number of nitrogens with two attached hydrogens (primary N) is 1. The van der Waals surface area contributed by atoms with Crippen LogP contribution in [0.3, 0.4) is 0 Å². The summed E-state index contributed by atoms with van der Waals surface area (Å²) in [6, 6.07) is 0. The second kappa shape index (κ2) is 7.34. The predicted molar refractivity (Wildman–Crippen MR) is 73.2 cm³/mol. The third-order valence-electron chi connectivity index (χ3n) is 4.23. The average Bonchev–Trinajstić information content (AvgIpc) is 2.61. The molecule has 1 rings (SSSR count). The van der Waals surface area contributed by atoms with Gasteiger partial charge in [0.25, 0.3) is 0 Å². The highest BCUT2D eigenvalue weighted by Gasteiger charge is 2.34. The summed E-state index contributed by atoms with van der Waals surface area (Å²) in [7, 11) is 0. The molecule has 1 saturated heterocycles. The van der Waals surface area contributed by atoms with E-state index >= 15 is 0 Å². The van der Waals surface area contributed by atoms with E-state index in [9.17, 15) is 0 Å². The van der Waals surface area contributed by atoms with Gasteiger partial charge in [-0.15, -0.1) is 0 Å². The predicted octanol–water partition coefficient (Wildman–Crippen LogP) is 2.39. The topological polar surface area (TPSA) is 38.5 Å². The van der Waals surface area contributed by atoms with Crippen LogP contribution < -0.4 is 5.73 Å². The summed E-state index contributed by atoms with van der Waals surface area (Å²) in [6.07, 6.45) is 6.20. The molecule has 3 nitrogen and oxygen atoms in total. The fourth-order valence-corrected chi connectivity index (χ4v) is 2.97. The van der Waals surface area contributed by atoms with E-state index in [1.807, 2.05) is 0 Å². The Morgan fingerprint density at radius 2 is 2.12 bits per heavy atom. The van der Waals surface area contributed by atoms with E-state index in [2.05, 4.69) is 25.7 Å². The molecule has 1 fully saturated rings. The molecule has 2 N–H and O–H groups in total. The summed E-state index contributed by atoms with van der Waals surface area (Å²) in [6.45, 7) is 10.6. The molecular formula is C14H30N2O. The Morgan fingerprint density at radius 1 is 1.35 bits per heavy atom. The number of ether oxygens (including phenoxy) is 1. The van der Waals surface area contributed by atoms with Crippen molar-refractivity contribution in [1.82, 2.24) is 4.90 Å². The minimum atomic E-state index is 0.204. The van der Waals surface area contributed by atoms with Gasteiger partial charge in [0, 0.05) is 31.8 Å². The number of hydrogen-bond donors (Lipinski definition) is 1. The van der Waals surface area contributed by atoms with Crippen LogP contribution >= 0.6 is 0 Å². The molecule has 1 aliphatic rings. The van der Waals surface area contributed by atoms with Crippen molar-refractivity contribution < 1.29 is 4.74 Å². The van der Waals surface area contributed by atoms with Gasteiger partial charge in [0.05, 0.1) is 6.10 Å². The third-order valence-corrected chi connectivity index (χ3v) is 4.23. The molecule has 2 unspecified atom stereocenters. The van der Waals surface area contributed by atoms with Crippen LogP contribution in [0, 0.1) is 0 Å². The summed E-state index contributed by atoms with van der Waals surface area (Å²) >= 11 is 0. The second-order valence-electron chi connectivity index (χ2n) is 5.23. The SMILES string of the molecule is CCCC(CC)(CN)N1CCCOC(CC)C1. The van der Waals surface area contributed by atoms with Gasteiger partial charge in [0.2, 0.25) is 0 Å². The van der Waals surface area contributed by atoms with Crippen molar-refractivity contribution >= 4 is 0 Å². The largest absolute Gasteiger partial charge is 0.377 e. The summed E-state index contributed by atoms with van der Waals surface area (Å²) in [5.41, 5.74) is 6.29. The lowest BCUT2D eigenvalue weighted by atomic mass is 9.88. The zero-order valence-corrected chi connectivity index (χ0v) is 11.9. The lowest BCUT2D eigenvalue weighted by molar-refractivity contribution is 0.0210. The molecule has 0 aromatic carbocycles.